The molecule has 1 aliphatic carbocycles. The zero-order chi connectivity index (χ0) is 19.0. The zero-order valence-electron chi connectivity index (χ0n) is 14.4. The number of hydrogen-bond donors (Lipinski definition) is 0. The summed E-state index contributed by atoms with van der Waals surface area (Å²) in [5, 5.41) is 1.84. The number of allylic oxidation sites excluding steroid dienone is 6. The fourth-order valence-corrected chi connectivity index (χ4v) is 3.69. The molecule has 0 saturated heterocycles. The Morgan fingerprint density at radius 1 is 1.07 bits per heavy atom. The normalized spacial score (nSPS) is 25.3. The zero-order valence-corrected chi connectivity index (χ0v) is 14.4. The third-order valence-electron chi connectivity index (χ3n) is 5.02. The van der Waals surface area contributed by atoms with Crippen molar-refractivity contribution in [3.05, 3.63) is 77.4 Å². The van der Waals surface area contributed by atoms with Crippen LogP contribution in [-0.4, -0.2) is 12.1 Å². The molecule has 138 valence electrons. The van der Waals surface area contributed by atoms with Crippen molar-refractivity contribution >= 4 is 16.7 Å². The maximum atomic E-state index is 12.9. The van der Waals surface area contributed by atoms with Crippen LogP contribution in [0, 0.1) is 0 Å². The molecule has 2 aromatic rings. The molecule has 0 saturated carbocycles. The lowest BCUT2D eigenvalue weighted by Gasteiger charge is -2.27. The second-order valence-electron chi connectivity index (χ2n) is 6.73. The van der Waals surface area contributed by atoms with Crippen LogP contribution in [0.4, 0.5) is 13.2 Å². The molecule has 0 spiro atoms. The van der Waals surface area contributed by atoms with Crippen LogP contribution in [-0.2, 0) is 4.79 Å². The first-order valence-electron chi connectivity index (χ1n) is 8.80. The van der Waals surface area contributed by atoms with Gasteiger partial charge in [-0.2, -0.15) is 13.2 Å². The number of ether oxygens (including phenoxy) is 1. The van der Waals surface area contributed by atoms with Crippen LogP contribution in [0.3, 0.4) is 0 Å². The molecule has 0 aromatic heterocycles. The van der Waals surface area contributed by atoms with Crippen LogP contribution < -0.4 is 4.74 Å². The third kappa shape index (κ3) is 3.42. The third-order valence-corrected chi connectivity index (χ3v) is 5.02. The molecule has 2 aromatic carbocycles. The van der Waals surface area contributed by atoms with E-state index in [0.717, 1.165) is 28.0 Å². The van der Waals surface area contributed by atoms with Crippen LogP contribution >= 0.6 is 0 Å². The van der Waals surface area contributed by atoms with Gasteiger partial charge in [-0.25, -0.2) is 0 Å². The van der Waals surface area contributed by atoms with Crippen molar-refractivity contribution in [2.45, 2.75) is 31.4 Å². The molecule has 1 heterocycles. The smallest absolute Gasteiger partial charge is 0.412 e. The van der Waals surface area contributed by atoms with Gasteiger partial charge < -0.3 is 4.74 Å². The van der Waals surface area contributed by atoms with Crippen molar-refractivity contribution in [3.8, 4) is 5.75 Å². The molecule has 1 aliphatic heterocycles. The van der Waals surface area contributed by atoms with Crippen LogP contribution in [0.1, 0.15) is 30.7 Å². The topological polar surface area (TPSA) is 26.3 Å². The molecule has 0 bridgehead atoms. The number of esters is 1. The van der Waals surface area contributed by atoms with Crippen LogP contribution in [0.15, 0.2) is 71.8 Å². The fourth-order valence-electron chi connectivity index (χ4n) is 3.69. The van der Waals surface area contributed by atoms with E-state index in [1.165, 1.54) is 6.08 Å². The fraction of sp³-hybridized carbons (Fsp3) is 0.227. The highest BCUT2D eigenvalue weighted by Crippen LogP contribution is 2.43. The molecule has 0 amide bonds. The van der Waals surface area contributed by atoms with Gasteiger partial charge in [-0.1, -0.05) is 60.7 Å². The summed E-state index contributed by atoms with van der Waals surface area (Å²) in [7, 11) is 0. The van der Waals surface area contributed by atoms with Gasteiger partial charge in [0.05, 0.1) is 6.42 Å². The van der Waals surface area contributed by atoms with Gasteiger partial charge in [-0.3, -0.25) is 4.79 Å². The Bertz CT molecular complexity index is 996. The summed E-state index contributed by atoms with van der Waals surface area (Å²) in [4.78, 5) is 12.2. The molecule has 2 nitrogen and oxygen atoms in total. The van der Waals surface area contributed by atoms with Crippen molar-refractivity contribution in [2.24, 2.45) is 0 Å². The highest BCUT2D eigenvalue weighted by atomic mass is 19.4. The molecule has 4 rings (SSSR count). The SMILES string of the molecule is O=C1CC(C2=C/CC\C(C(F)(F)F)=C/C=C\2)c2ccc3ccccc3c2O1. The first-order valence-corrected chi connectivity index (χ1v) is 8.80. The molecular weight excluding hydrogens is 353 g/mol. The van der Waals surface area contributed by atoms with Gasteiger partial charge in [0.2, 0.25) is 0 Å². The number of carbonyl (C=O) groups excluding carboxylic acids is 1. The van der Waals surface area contributed by atoms with E-state index in [9.17, 15) is 18.0 Å². The number of carbonyl (C=O) groups is 1. The van der Waals surface area contributed by atoms with E-state index in [1.807, 2.05) is 36.4 Å². The maximum Gasteiger partial charge on any atom is 0.412 e. The second-order valence-corrected chi connectivity index (χ2v) is 6.73. The number of rotatable bonds is 1. The van der Waals surface area contributed by atoms with E-state index in [0.29, 0.717) is 5.75 Å². The van der Waals surface area contributed by atoms with E-state index < -0.39 is 11.7 Å². The van der Waals surface area contributed by atoms with Crippen molar-refractivity contribution in [1.82, 2.24) is 0 Å². The van der Waals surface area contributed by atoms with Crippen molar-refractivity contribution in [1.29, 1.82) is 0 Å². The quantitative estimate of drug-likeness (QED) is 0.455. The first kappa shape index (κ1) is 17.6. The molecule has 5 heteroatoms. The van der Waals surface area contributed by atoms with Crippen molar-refractivity contribution in [3.63, 3.8) is 0 Å². The number of fused-ring (bicyclic) bond motifs is 3. The Morgan fingerprint density at radius 2 is 1.89 bits per heavy atom. The lowest BCUT2D eigenvalue weighted by Crippen LogP contribution is -2.21. The van der Waals surface area contributed by atoms with Gasteiger partial charge in [0.25, 0.3) is 0 Å². The largest absolute Gasteiger partial charge is 0.426 e. The Labute approximate surface area is 154 Å². The predicted molar refractivity (Wildman–Crippen MR) is 97.5 cm³/mol. The summed E-state index contributed by atoms with van der Waals surface area (Å²) in [6.45, 7) is 0. The monoisotopic (exact) mass is 370 g/mol. The van der Waals surface area contributed by atoms with Gasteiger partial charge in [0.15, 0.2) is 0 Å². The van der Waals surface area contributed by atoms with E-state index >= 15 is 0 Å². The first-order chi connectivity index (χ1) is 12.9. The number of benzene rings is 2. The number of halogens is 3. The van der Waals surface area contributed by atoms with E-state index in [4.69, 9.17) is 4.74 Å². The van der Waals surface area contributed by atoms with Gasteiger partial charge in [0, 0.05) is 22.4 Å². The summed E-state index contributed by atoms with van der Waals surface area (Å²) in [6.07, 6.45) is 2.10. The van der Waals surface area contributed by atoms with Crippen molar-refractivity contribution < 1.29 is 22.7 Å². The maximum absolute atomic E-state index is 12.9. The van der Waals surface area contributed by atoms with Gasteiger partial charge in [-0.05, 0) is 23.8 Å². The Hall–Kier alpha value is -2.82. The summed E-state index contributed by atoms with van der Waals surface area (Å²) >= 11 is 0. The Balaban J connectivity index is 1.75. The lowest BCUT2D eigenvalue weighted by atomic mass is 9.83. The van der Waals surface area contributed by atoms with Crippen LogP contribution in [0.5, 0.6) is 5.75 Å². The minimum absolute atomic E-state index is 0.0704. The average molecular weight is 370 g/mol. The Kier molecular flexibility index (Phi) is 4.38. The summed E-state index contributed by atoms with van der Waals surface area (Å²) in [5.41, 5.74) is 1.20. The predicted octanol–water partition coefficient (Wildman–Crippen LogP) is 6.00. The highest BCUT2D eigenvalue weighted by Gasteiger charge is 2.33. The van der Waals surface area contributed by atoms with Gasteiger partial charge in [0.1, 0.15) is 5.75 Å². The van der Waals surface area contributed by atoms with Crippen LogP contribution in [0.2, 0.25) is 0 Å². The van der Waals surface area contributed by atoms with Gasteiger partial charge in [-0.15, -0.1) is 0 Å². The Morgan fingerprint density at radius 3 is 2.70 bits per heavy atom. The minimum atomic E-state index is -4.31. The highest BCUT2D eigenvalue weighted by molar-refractivity contribution is 5.93. The summed E-state index contributed by atoms with van der Waals surface area (Å²) in [5.74, 6) is 0.00640. The molecule has 27 heavy (non-hydrogen) atoms. The van der Waals surface area contributed by atoms with E-state index in [1.54, 1.807) is 12.2 Å². The lowest BCUT2D eigenvalue weighted by molar-refractivity contribution is -0.135. The minimum Gasteiger partial charge on any atom is -0.426 e. The second kappa shape index (κ2) is 6.72. The van der Waals surface area contributed by atoms with E-state index in [2.05, 4.69) is 0 Å². The van der Waals surface area contributed by atoms with Crippen LogP contribution in [0.25, 0.3) is 10.8 Å². The van der Waals surface area contributed by atoms with Gasteiger partial charge >= 0.3 is 12.1 Å². The molecule has 1 atom stereocenters. The summed E-state index contributed by atoms with van der Waals surface area (Å²) < 4.78 is 44.3. The number of alkyl halides is 3. The number of hydrogen-bond acceptors (Lipinski definition) is 2. The molecule has 0 fully saturated rings. The molecule has 2 aliphatic rings. The standard InChI is InChI=1S/C22H17F3O2/c23-22(24,25)16-8-3-6-14(7-4-9-16)19-13-20(26)27-21-17-10-2-1-5-15(17)11-12-18(19)21/h1-3,5-8,10-12,19H,4,9,13H2/b6-3-,14-7+,16-8+. The van der Waals surface area contributed by atoms with Crippen molar-refractivity contribution in [2.75, 3.05) is 0 Å². The van der Waals surface area contributed by atoms with E-state index in [-0.39, 0.29) is 31.1 Å². The molecular formula is C22H17F3O2. The molecule has 1 unspecified atom stereocenters. The average Bonchev–Trinajstić information content (AvgIpc) is 2.60. The molecule has 0 N–H and O–H groups in total. The summed E-state index contributed by atoms with van der Waals surface area (Å²) in [6, 6.07) is 11.6. The molecule has 0 radical (unpaired) electrons.